The van der Waals surface area contributed by atoms with Crippen molar-refractivity contribution in [2.75, 3.05) is 40.0 Å². The lowest BCUT2D eigenvalue weighted by Gasteiger charge is -2.35. The van der Waals surface area contributed by atoms with E-state index in [-0.39, 0.29) is 17.7 Å². The molecule has 2 aliphatic rings. The summed E-state index contributed by atoms with van der Waals surface area (Å²) in [6, 6.07) is 17.3. The molecule has 0 unspecified atom stereocenters. The summed E-state index contributed by atoms with van der Waals surface area (Å²) in [5.74, 6) is 2.04. The number of carbonyl (C=O) groups is 2. The zero-order valence-corrected chi connectivity index (χ0v) is 20.9. The number of hydrogen-bond acceptors (Lipinski definition) is 5. The Morgan fingerprint density at radius 1 is 1.03 bits per heavy atom. The molecule has 36 heavy (non-hydrogen) atoms. The standard InChI is InChI=1S/C29H32N2O5/c1-3-30(18-20-10-12-26-27(17-20)36-16-15-35-26)28(32)21-7-6-14-31(19-21)29(33)24-11-13-25(34-2)23-9-5-4-8-22(23)24/h4-5,8-13,17,21H,3,6-7,14-16,18-19H2,1-2H3/t21-/m1/s1. The first-order chi connectivity index (χ1) is 17.6. The highest BCUT2D eigenvalue weighted by molar-refractivity contribution is 6.08. The van der Waals surface area contributed by atoms with Crippen LogP contribution >= 0.6 is 0 Å². The lowest BCUT2D eigenvalue weighted by molar-refractivity contribution is -0.137. The van der Waals surface area contributed by atoms with Crippen molar-refractivity contribution >= 4 is 22.6 Å². The monoisotopic (exact) mass is 488 g/mol. The van der Waals surface area contributed by atoms with E-state index in [1.54, 1.807) is 7.11 Å². The Morgan fingerprint density at radius 2 is 1.81 bits per heavy atom. The van der Waals surface area contributed by atoms with E-state index in [2.05, 4.69) is 0 Å². The zero-order valence-electron chi connectivity index (χ0n) is 20.9. The summed E-state index contributed by atoms with van der Waals surface area (Å²) in [7, 11) is 1.63. The predicted octanol–water partition coefficient (Wildman–Crippen LogP) is 4.52. The minimum absolute atomic E-state index is 0.0405. The summed E-state index contributed by atoms with van der Waals surface area (Å²) < 4.78 is 16.8. The Labute approximate surface area is 211 Å². The number of piperidine rings is 1. The van der Waals surface area contributed by atoms with E-state index in [0.717, 1.165) is 46.4 Å². The molecule has 0 N–H and O–H groups in total. The molecular formula is C29H32N2O5. The molecule has 3 aromatic rings. The molecule has 188 valence electrons. The largest absolute Gasteiger partial charge is 0.496 e. The molecule has 2 aliphatic heterocycles. The maximum absolute atomic E-state index is 13.6. The summed E-state index contributed by atoms with van der Waals surface area (Å²) in [6.07, 6.45) is 1.58. The normalized spacial score (nSPS) is 17.1. The Kier molecular flexibility index (Phi) is 6.98. The molecule has 7 heteroatoms. The maximum Gasteiger partial charge on any atom is 0.254 e. The third-order valence-electron chi connectivity index (χ3n) is 7.07. The first-order valence-electron chi connectivity index (χ1n) is 12.6. The van der Waals surface area contributed by atoms with Crippen LogP contribution < -0.4 is 14.2 Å². The van der Waals surface area contributed by atoms with E-state index < -0.39 is 0 Å². The molecule has 7 nitrogen and oxygen atoms in total. The van der Waals surface area contributed by atoms with Gasteiger partial charge in [-0.3, -0.25) is 9.59 Å². The van der Waals surface area contributed by atoms with Crippen molar-refractivity contribution in [1.29, 1.82) is 0 Å². The van der Waals surface area contributed by atoms with Crippen molar-refractivity contribution in [3.63, 3.8) is 0 Å². The van der Waals surface area contributed by atoms with E-state index in [1.807, 2.05) is 71.3 Å². The van der Waals surface area contributed by atoms with Crippen LogP contribution in [0.3, 0.4) is 0 Å². The number of hydrogen-bond donors (Lipinski definition) is 0. The first-order valence-corrected chi connectivity index (χ1v) is 12.6. The van der Waals surface area contributed by atoms with Gasteiger partial charge in [0.2, 0.25) is 5.91 Å². The minimum Gasteiger partial charge on any atom is -0.496 e. The number of ether oxygens (including phenoxy) is 3. The molecule has 1 fully saturated rings. The van der Waals surface area contributed by atoms with Gasteiger partial charge in [-0.2, -0.15) is 0 Å². The first kappa shape index (κ1) is 24.0. The van der Waals surface area contributed by atoms with Crippen LogP contribution in [0.5, 0.6) is 17.2 Å². The molecular weight excluding hydrogens is 456 g/mol. The number of methoxy groups -OCH3 is 1. The van der Waals surface area contributed by atoms with Gasteiger partial charge in [0.1, 0.15) is 19.0 Å². The Balaban J connectivity index is 1.31. The molecule has 0 aliphatic carbocycles. The second-order valence-electron chi connectivity index (χ2n) is 9.28. The number of likely N-dealkylation sites (tertiary alicyclic amines) is 1. The van der Waals surface area contributed by atoms with Crippen molar-refractivity contribution in [2.24, 2.45) is 5.92 Å². The van der Waals surface area contributed by atoms with Crippen molar-refractivity contribution in [1.82, 2.24) is 9.80 Å². The van der Waals surface area contributed by atoms with Crippen molar-refractivity contribution in [3.8, 4) is 17.2 Å². The SMILES string of the molecule is CCN(Cc1ccc2c(c1)OCCO2)C(=O)[C@@H]1CCCN(C(=O)c2ccc(OC)c3ccccc23)C1. The fourth-order valence-corrected chi connectivity index (χ4v) is 5.18. The zero-order chi connectivity index (χ0) is 25.1. The average molecular weight is 489 g/mol. The fraction of sp³-hybridized carbons (Fsp3) is 0.379. The van der Waals surface area contributed by atoms with Crippen LogP contribution in [0.1, 0.15) is 35.7 Å². The molecule has 1 atom stereocenters. The number of fused-ring (bicyclic) bond motifs is 2. The molecule has 0 bridgehead atoms. The van der Waals surface area contributed by atoms with Crippen LogP contribution in [0, 0.1) is 5.92 Å². The second-order valence-corrected chi connectivity index (χ2v) is 9.28. The van der Waals surface area contributed by atoms with Gasteiger partial charge in [-0.1, -0.05) is 30.3 Å². The van der Waals surface area contributed by atoms with E-state index in [4.69, 9.17) is 14.2 Å². The molecule has 1 saturated heterocycles. The molecule has 0 radical (unpaired) electrons. The highest BCUT2D eigenvalue weighted by atomic mass is 16.6. The van der Waals surface area contributed by atoms with Gasteiger partial charge in [0.05, 0.1) is 13.0 Å². The maximum atomic E-state index is 13.6. The average Bonchev–Trinajstić information content (AvgIpc) is 2.94. The van der Waals surface area contributed by atoms with Crippen LogP contribution in [-0.2, 0) is 11.3 Å². The van der Waals surface area contributed by atoms with Gasteiger partial charge < -0.3 is 24.0 Å². The molecule has 2 heterocycles. The van der Waals surface area contributed by atoms with E-state index >= 15 is 0 Å². The van der Waals surface area contributed by atoms with Gasteiger partial charge in [0.25, 0.3) is 5.91 Å². The van der Waals surface area contributed by atoms with Crippen LogP contribution in [0.2, 0.25) is 0 Å². The van der Waals surface area contributed by atoms with Gasteiger partial charge in [0.15, 0.2) is 11.5 Å². The topological polar surface area (TPSA) is 68.3 Å². The van der Waals surface area contributed by atoms with Crippen molar-refractivity contribution < 1.29 is 23.8 Å². The summed E-state index contributed by atoms with van der Waals surface area (Å²) >= 11 is 0. The van der Waals surface area contributed by atoms with Gasteiger partial charge in [0, 0.05) is 37.1 Å². The number of benzene rings is 3. The Morgan fingerprint density at radius 3 is 2.58 bits per heavy atom. The van der Waals surface area contributed by atoms with Crippen LogP contribution in [0.4, 0.5) is 0 Å². The second kappa shape index (κ2) is 10.5. The Hall–Kier alpha value is -3.74. The highest BCUT2D eigenvalue weighted by Gasteiger charge is 2.32. The molecule has 2 amide bonds. The number of nitrogens with zero attached hydrogens (tertiary/aromatic N) is 2. The van der Waals surface area contributed by atoms with Crippen molar-refractivity contribution in [2.45, 2.75) is 26.3 Å². The number of amides is 2. The van der Waals surface area contributed by atoms with Gasteiger partial charge in [-0.25, -0.2) is 0 Å². The third-order valence-corrected chi connectivity index (χ3v) is 7.07. The smallest absolute Gasteiger partial charge is 0.254 e. The van der Waals surface area contributed by atoms with Gasteiger partial charge in [-0.05, 0) is 55.0 Å². The quantitative estimate of drug-likeness (QED) is 0.510. The summed E-state index contributed by atoms with van der Waals surface area (Å²) in [5.41, 5.74) is 1.64. The van der Waals surface area contributed by atoms with Gasteiger partial charge in [-0.15, -0.1) is 0 Å². The number of rotatable bonds is 6. The molecule has 0 saturated carbocycles. The molecule has 3 aromatic carbocycles. The Bertz CT molecular complexity index is 1270. The van der Waals surface area contributed by atoms with Crippen molar-refractivity contribution in [3.05, 3.63) is 65.7 Å². The van der Waals surface area contributed by atoms with E-state index in [0.29, 0.717) is 45.0 Å². The molecule has 5 rings (SSSR count). The molecule has 0 aromatic heterocycles. The van der Waals surface area contributed by atoms with Gasteiger partial charge >= 0.3 is 0 Å². The van der Waals surface area contributed by atoms with Crippen LogP contribution in [-0.4, -0.2) is 61.6 Å². The fourth-order valence-electron chi connectivity index (χ4n) is 5.18. The predicted molar refractivity (Wildman–Crippen MR) is 138 cm³/mol. The van der Waals surface area contributed by atoms with Crippen LogP contribution in [0.15, 0.2) is 54.6 Å². The lowest BCUT2D eigenvalue weighted by Crippen LogP contribution is -2.46. The number of carbonyl (C=O) groups excluding carboxylic acids is 2. The summed E-state index contributed by atoms with van der Waals surface area (Å²) in [6.45, 7) is 5.25. The van der Waals surface area contributed by atoms with Crippen LogP contribution in [0.25, 0.3) is 10.8 Å². The lowest BCUT2D eigenvalue weighted by atomic mass is 9.94. The van der Waals surface area contributed by atoms with E-state index in [1.165, 1.54) is 0 Å². The molecule has 0 spiro atoms. The summed E-state index contributed by atoms with van der Waals surface area (Å²) in [5, 5.41) is 1.77. The summed E-state index contributed by atoms with van der Waals surface area (Å²) in [4.78, 5) is 30.8. The van der Waals surface area contributed by atoms with E-state index in [9.17, 15) is 9.59 Å². The highest BCUT2D eigenvalue weighted by Crippen LogP contribution is 2.32. The minimum atomic E-state index is -0.218. The third kappa shape index (κ3) is 4.70.